The van der Waals surface area contributed by atoms with E-state index in [1.165, 1.54) is 0 Å². The van der Waals surface area contributed by atoms with Gasteiger partial charge in [-0.3, -0.25) is 0 Å². The van der Waals surface area contributed by atoms with Gasteiger partial charge in [-0.1, -0.05) is 12.1 Å². The predicted octanol–water partition coefficient (Wildman–Crippen LogP) is -0.528. The lowest BCUT2D eigenvalue weighted by atomic mass is 10.1. The van der Waals surface area contributed by atoms with Crippen molar-refractivity contribution in [1.29, 1.82) is 0 Å². The van der Waals surface area contributed by atoms with Crippen molar-refractivity contribution in [2.24, 2.45) is 0 Å². The van der Waals surface area contributed by atoms with E-state index in [-0.39, 0.29) is 11.1 Å². The lowest BCUT2D eigenvalue weighted by Gasteiger charge is -2.13. The third-order valence-corrected chi connectivity index (χ3v) is 1.52. The van der Waals surface area contributed by atoms with E-state index in [9.17, 15) is 4.79 Å². The summed E-state index contributed by atoms with van der Waals surface area (Å²) in [6, 6.07) is 4.55. The largest absolute Gasteiger partial charge is 0.478 e. The van der Waals surface area contributed by atoms with E-state index in [0.717, 1.165) is 24.3 Å². The van der Waals surface area contributed by atoms with Crippen LogP contribution < -0.4 is 0 Å². The van der Waals surface area contributed by atoms with Gasteiger partial charge in [-0.25, -0.2) is 4.79 Å². The molecular formula is C8H8O5. The molecule has 0 aromatic heterocycles. The standard InChI is InChI=1S/C8H8O5/c9-7(10)5-1-3-6(4-2-5)8(11,12)13/h1-4,11-13H,(H,9,10). The normalized spacial score (nSPS) is 11.3. The Bertz CT molecular complexity index is 308. The molecule has 0 bridgehead atoms. The van der Waals surface area contributed by atoms with Crippen LogP contribution >= 0.6 is 0 Å². The molecule has 0 spiro atoms. The summed E-state index contributed by atoms with van der Waals surface area (Å²) in [7, 11) is 0. The van der Waals surface area contributed by atoms with Gasteiger partial charge in [0.25, 0.3) is 0 Å². The van der Waals surface area contributed by atoms with E-state index in [2.05, 4.69) is 0 Å². The molecule has 4 N–H and O–H groups in total. The zero-order valence-electron chi connectivity index (χ0n) is 6.51. The predicted molar refractivity (Wildman–Crippen MR) is 41.7 cm³/mol. The van der Waals surface area contributed by atoms with Crippen LogP contribution in [0.1, 0.15) is 15.9 Å². The van der Waals surface area contributed by atoms with Crippen LogP contribution in [0.2, 0.25) is 0 Å². The van der Waals surface area contributed by atoms with E-state index in [0.29, 0.717) is 0 Å². The van der Waals surface area contributed by atoms with Crippen LogP contribution in [-0.2, 0) is 5.97 Å². The van der Waals surface area contributed by atoms with Crippen molar-refractivity contribution in [2.75, 3.05) is 0 Å². The van der Waals surface area contributed by atoms with Crippen molar-refractivity contribution in [3.05, 3.63) is 35.4 Å². The van der Waals surface area contributed by atoms with Crippen LogP contribution in [0.5, 0.6) is 0 Å². The molecule has 1 aromatic rings. The SMILES string of the molecule is O=C(O)c1ccc(C(O)(O)O)cc1. The van der Waals surface area contributed by atoms with Gasteiger partial charge in [0.15, 0.2) is 0 Å². The van der Waals surface area contributed by atoms with Crippen LogP contribution in [0.3, 0.4) is 0 Å². The van der Waals surface area contributed by atoms with E-state index in [4.69, 9.17) is 20.4 Å². The highest BCUT2D eigenvalue weighted by molar-refractivity contribution is 5.87. The number of aliphatic hydroxyl groups is 3. The molecule has 0 aliphatic carbocycles. The average Bonchev–Trinajstić information content (AvgIpc) is 2.03. The highest BCUT2D eigenvalue weighted by Gasteiger charge is 2.21. The molecule has 1 rings (SSSR count). The number of carboxylic acid groups (broad SMARTS) is 1. The summed E-state index contributed by atoms with van der Waals surface area (Å²) >= 11 is 0. The summed E-state index contributed by atoms with van der Waals surface area (Å²) in [6.45, 7) is 0. The Labute approximate surface area is 73.5 Å². The molecule has 5 nitrogen and oxygen atoms in total. The van der Waals surface area contributed by atoms with Crippen molar-refractivity contribution < 1.29 is 25.2 Å². The van der Waals surface area contributed by atoms with Crippen molar-refractivity contribution >= 4 is 5.97 Å². The summed E-state index contributed by atoms with van der Waals surface area (Å²) in [5.41, 5.74) is -0.175. The molecule has 0 saturated heterocycles. The minimum atomic E-state index is -2.92. The average molecular weight is 184 g/mol. The lowest BCUT2D eigenvalue weighted by molar-refractivity contribution is -0.323. The monoisotopic (exact) mass is 184 g/mol. The van der Waals surface area contributed by atoms with Gasteiger partial charge in [0.2, 0.25) is 0 Å². The van der Waals surface area contributed by atoms with Crippen LogP contribution in [0.15, 0.2) is 24.3 Å². The van der Waals surface area contributed by atoms with Crippen molar-refractivity contribution in [2.45, 2.75) is 5.97 Å². The van der Waals surface area contributed by atoms with E-state index in [1.54, 1.807) is 0 Å². The molecule has 0 atom stereocenters. The van der Waals surface area contributed by atoms with Gasteiger partial charge >= 0.3 is 11.9 Å². The van der Waals surface area contributed by atoms with E-state index in [1.807, 2.05) is 0 Å². The van der Waals surface area contributed by atoms with Gasteiger partial charge in [-0.05, 0) is 12.1 Å². The Hall–Kier alpha value is -1.43. The smallest absolute Gasteiger partial charge is 0.335 e. The van der Waals surface area contributed by atoms with E-state index >= 15 is 0 Å². The topological polar surface area (TPSA) is 98.0 Å². The minimum Gasteiger partial charge on any atom is -0.478 e. The van der Waals surface area contributed by atoms with Crippen LogP contribution in [0, 0.1) is 0 Å². The Morgan fingerprint density at radius 3 is 1.85 bits per heavy atom. The molecule has 0 saturated carbocycles. The maximum atomic E-state index is 10.4. The summed E-state index contributed by atoms with van der Waals surface area (Å²) in [6.07, 6.45) is 0. The van der Waals surface area contributed by atoms with Gasteiger partial charge in [0.1, 0.15) is 0 Å². The molecule has 0 heterocycles. The molecule has 0 unspecified atom stereocenters. The number of aromatic carboxylic acids is 1. The van der Waals surface area contributed by atoms with Gasteiger partial charge in [0, 0.05) is 5.56 Å². The maximum Gasteiger partial charge on any atom is 0.335 e. The molecular weight excluding hydrogens is 176 g/mol. The first-order chi connectivity index (χ1) is 5.91. The second-order valence-electron chi connectivity index (χ2n) is 2.52. The molecule has 1 aromatic carbocycles. The highest BCUT2D eigenvalue weighted by atomic mass is 16.7. The number of hydrogen-bond donors (Lipinski definition) is 4. The molecule has 0 fully saturated rings. The fourth-order valence-electron chi connectivity index (χ4n) is 0.836. The Morgan fingerprint density at radius 2 is 1.54 bits per heavy atom. The number of carboxylic acids is 1. The summed E-state index contributed by atoms with van der Waals surface area (Å²) in [5, 5.41) is 34.5. The highest BCUT2D eigenvalue weighted by Crippen LogP contribution is 2.14. The van der Waals surface area contributed by atoms with E-state index < -0.39 is 11.9 Å². The number of benzene rings is 1. The Morgan fingerprint density at radius 1 is 1.08 bits per heavy atom. The summed E-state index contributed by atoms with van der Waals surface area (Å²) in [5.74, 6) is -4.04. The molecule has 5 heteroatoms. The van der Waals surface area contributed by atoms with Crippen LogP contribution in [0.25, 0.3) is 0 Å². The second-order valence-corrected chi connectivity index (χ2v) is 2.52. The molecule has 70 valence electrons. The lowest BCUT2D eigenvalue weighted by Crippen LogP contribution is -2.23. The van der Waals surface area contributed by atoms with Gasteiger partial charge in [0.05, 0.1) is 5.56 Å². The quantitative estimate of drug-likeness (QED) is 0.463. The molecule has 0 aliphatic rings. The van der Waals surface area contributed by atoms with Gasteiger partial charge in [-0.2, -0.15) is 0 Å². The molecule has 0 amide bonds. The zero-order valence-corrected chi connectivity index (χ0v) is 6.51. The fourth-order valence-corrected chi connectivity index (χ4v) is 0.836. The van der Waals surface area contributed by atoms with Crippen molar-refractivity contribution in [3.8, 4) is 0 Å². The fraction of sp³-hybridized carbons (Fsp3) is 0.125. The number of carbonyl (C=O) groups is 1. The molecule has 13 heavy (non-hydrogen) atoms. The van der Waals surface area contributed by atoms with Crippen molar-refractivity contribution in [3.63, 3.8) is 0 Å². The van der Waals surface area contributed by atoms with Crippen molar-refractivity contribution in [1.82, 2.24) is 0 Å². The first kappa shape index (κ1) is 9.66. The zero-order chi connectivity index (χ0) is 10.1. The minimum absolute atomic E-state index is 0.00741. The third kappa shape index (κ3) is 2.25. The first-order valence-corrected chi connectivity index (χ1v) is 3.42. The Kier molecular flexibility index (Phi) is 2.33. The first-order valence-electron chi connectivity index (χ1n) is 3.42. The number of rotatable bonds is 2. The summed E-state index contributed by atoms with van der Waals surface area (Å²) in [4.78, 5) is 10.4. The van der Waals surface area contributed by atoms with Gasteiger partial charge in [-0.15, -0.1) is 0 Å². The third-order valence-electron chi connectivity index (χ3n) is 1.52. The Balaban J connectivity index is 3.01. The molecule has 0 aliphatic heterocycles. The van der Waals surface area contributed by atoms with Crippen LogP contribution in [-0.4, -0.2) is 26.4 Å². The van der Waals surface area contributed by atoms with Gasteiger partial charge < -0.3 is 20.4 Å². The molecule has 0 radical (unpaired) electrons. The second kappa shape index (κ2) is 3.14. The maximum absolute atomic E-state index is 10.4. The number of hydrogen-bond acceptors (Lipinski definition) is 4. The van der Waals surface area contributed by atoms with Crippen LogP contribution in [0.4, 0.5) is 0 Å². The summed E-state index contributed by atoms with van der Waals surface area (Å²) < 4.78 is 0.